The van der Waals surface area contributed by atoms with E-state index in [1.54, 1.807) is 12.4 Å². The molecule has 5 rings (SSSR count). The second kappa shape index (κ2) is 8.11. The number of aromatic nitrogens is 3. The van der Waals surface area contributed by atoms with Gasteiger partial charge >= 0.3 is 0 Å². The highest BCUT2D eigenvalue weighted by atomic mass is 19.1. The molecule has 2 atom stereocenters. The van der Waals surface area contributed by atoms with Crippen LogP contribution in [0.1, 0.15) is 13.3 Å². The molecule has 1 aromatic carbocycles. The first kappa shape index (κ1) is 19.7. The normalized spacial score (nSPS) is 20.3. The Balaban J connectivity index is 1.31. The topological polar surface area (TPSA) is 66.4 Å². The molecule has 1 N–H and O–H groups in total. The molecule has 0 unspecified atom stereocenters. The van der Waals surface area contributed by atoms with Gasteiger partial charge in [0.25, 0.3) is 0 Å². The van der Waals surface area contributed by atoms with Crippen molar-refractivity contribution in [3.63, 3.8) is 0 Å². The number of anilines is 3. The van der Waals surface area contributed by atoms with Gasteiger partial charge in [0, 0.05) is 54.9 Å². The first-order valence-corrected chi connectivity index (χ1v) is 10.6. The van der Waals surface area contributed by atoms with Crippen LogP contribution in [0.3, 0.4) is 0 Å². The Morgan fingerprint density at radius 3 is 2.71 bits per heavy atom. The van der Waals surface area contributed by atoms with Crippen molar-refractivity contribution < 1.29 is 9.13 Å². The molecule has 2 aliphatic heterocycles. The van der Waals surface area contributed by atoms with Crippen LogP contribution in [0.15, 0.2) is 48.8 Å². The molecule has 2 fully saturated rings. The van der Waals surface area contributed by atoms with Crippen LogP contribution in [0.25, 0.3) is 11.3 Å². The van der Waals surface area contributed by atoms with Gasteiger partial charge in [-0.1, -0.05) is 0 Å². The molecule has 2 saturated heterocycles. The highest BCUT2D eigenvalue weighted by Gasteiger charge is 2.42. The molecule has 0 spiro atoms. The average Bonchev–Trinajstić information content (AvgIpc) is 3.34. The Morgan fingerprint density at radius 2 is 2.03 bits per heavy atom. The minimum Gasteiger partial charge on any atom is -0.478 e. The Labute approximate surface area is 180 Å². The van der Waals surface area contributed by atoms with Crippen LogP contribution in [0.4, 0.5) is 21.7 Å². The summed E-state index contributed by atoms with van der Waals surface area (Å²) < 4.78 is 20.3. The summed E-state index contributed by atoms with van der Waals surface area (Å²) in [6.07, 6.45) is 4.49. The summed E-state index contributed by atoms with van der Waals surface area (Å²) in [4.78, 5) is 17.6. The van der Waals surface area contributed by atoms with Gasteiger partial charge in [-0.2, -0.15) is 0 Å². The van der Waals surface area contributed by atoms with Gasteiger partial charge < -0.3 is 15.0 Å². The van der Waals surface area contributed by atoms with Crippen LogP contribution in [-0.2, 0) is 0 Å². The van der Waals surface area contributed by atoms with E-state index in [-0.39, 0.29) is 5.82 Å². The van der Waals surface area contributed by atoms with E-state index in [2.05, 4.69) is 37.1 Å². The number of likely N-dealkylation sites (N-methyl/N-ethyl adjacent to an activating group) is 1. The third-order valence-electron chi connectivity index (χ3n) is 6.01. The number of nitrogens with one attached hydrogen (secondary N) is 1. The number of hydrogen-bond acceptors (Lipinski definition) is 7. The van der Waals surface area contributed by atoms with E-state index < -0.39 is 0 Å². The predicted octanol–water partition coefficient (Wildman–Crippen LogP) is 3.71. The van der Waals surface area contributed by atoms with E-state index in [1.807, 2.05) is 37.3 Å². The Bertz CT molecular complexity index is 1070. The minimum absolute atomic E-state index is 0.230. The van der Waals surface area contributed by atoms with E-state index in [0.29, 0.717) is 41.9 Å². The number of halogens is 1. The molecule has 8 heteroatoms. The van der Waals surface area contributed by atoms with E-state index in [1.165, 1.54) is 6.07 Å². The summed E-state index contributed by atoms with van der Waals surface area (Å²) in [6, 6.07) is 11.7. The van der Waals surface area contributed by atoms with Crippen molar-refractivity contribution in [2.45, 2.75) is 25.4 Å². The number of fused-ring (bicyclic) bond motifs is 2. The molecule has 0 aliphatic carbocycles. The van der Waals surface area contributed by atoms with Crippen LogP contribution < -0.4 is 15.0 Å². The van der Waals surface area contributed by atoms with Crippen molar-refractivity contribution in [1.82, 2.24) is 19.9 Å². The van der Waals surface area contributed by atoms with Gasteiger partial charge in [-0.25, -0.2) is 19.3 Å². The van der Waals surface area contributed by atoms with Gasteiger partial charge in [0.1, 0.15) is 5.82 Å². The van der Waals surface area contributed by atoms with Crippen LogP contribution in [0.2, 0.25) is 0 Å². The summed E-state index contributed by atoms with van der Waals surface area (Å²) in [6.45, 7) is 4.36. The van der Waals surface area contributed by atoms with Gasteiger partial charge in [-0.05, 0) is 50.7 Å². The Hall–Kier alpha value is -3.26. The minimum atomic E-state index is -0.230. The fourth-order valence-electron chi connectivity index (χ4n) is 4.45. The lowest BCUT2D eigenvalue weighted by atomic mass is 10.2. The predicted molar refractivity (Wildman–Crippen MR) is 118 cm³/mol. The zero-order chi connectivity index (χ0) is 21.4. The molecule has 31 heavy (non-hydrogen) atoms. The fourth-order valence-corrected chi connectivity index (χ4v) is 4.45. The maximum atomic E-state index is 14.9. The quantitative estimate of drug-likeness (QED) is 0.652. The molecular formula is C23H25FN6O. The molecular weight excluding hydrogens is 395 g/mol. The summed E-state index contributed by atoms with van der Waals surface area (Å²) in [5.41, 5.74) is 2.86. The number of hydrogen-bond donors (Lipinski definition) is 1. The molecule has 4 heterocycles. The third kappa shape index (κ3) is 3.90. The number of likely N-dealkylation sites (tertiary alicyclic amines) is 1. The highest BCUT2D eigenvalue weighted by molar-refractivity contribution is 5.64. The van der Waals surface area contributed by atoms with Gasteiger partial charge in [0.15, 0.2) is 0 Å². The van der Waals surface area contributed by atoms with Crippen LogP contribution in [-0.4, -0.2) is 58.7 Å². The average molecular weight is 420 g/mol. The molecule has 2 aliphatic rings. The summed E-state index contributed by atoms with van der Waals surface area (Å²) >= 11 is 0. The van der Waals surface area contributed by atoms with E-state index >= 15 is 0 Å². The largest absolute Gasteiger partial charge is 0.478 e. The highest BCUT2D eigenvalue weighted by Crippen LogP contribution is 2.35. The SMILES string of the molecule is CCOc1ccc(-c2ccnc(Nc3ccc(N4C[C@@H]5C[C@H]4CN5C)c(F)c3)n2)cn1. The van der Waals surface area contributed by atoms with Crippen molar-refractivity contribution in [2.75, 3.05) is 37.0 Å². The lowest BCUT2D eigenvalue weighted by Crippen LogP contribution is -2.44. The second-order valence-corrected chi connectivity index (χ2v) is 8.01. The van der Waals surface area contributed by atoms with Crippen molar-refractivity contribution in [2.24, 2.45) is 0 Å². The van der Waals surface area contributed by atoms with Gasteiger partial charge in [-0.15, -0.1) is 0 Å². The summed E-state index contributed by atoms with van der Waals surface area (Å²) in [5.74, 6) is 0.750. The fraction of sp³-hybridized carbons (Fsp3) is 0.348. The number of ether oxygens (including phenoxy) is 1. The van der Waals surface area contributed by atoms with Crippen LogP contribution in [0, 0.1) is 5.82 Å². The van der Waals surface area contributed by atoms with Crippen molar-refractivity contribution in [3.8, 4) is 17.1 Å². The van der Waals surface area contributed by atoms with E-state index in [9.17, 15) is 4.39 Å². The first-order valence-electron chi connectivity index (χ1n) is 10.6. The van der Waals surface area contributed by atoms with Crippen molar-refractivity contribution in [1.29, 1.82) is 0 Å². The van der Waals surface area contributed by atoms with Gasteiger partial charge in [0.05, 0.1) is 18.0 Å². The third-order valence-corrected chi connectivity index (χ3v) is 6.01. The van der Waals surface area contributed by atoms with Crippen molar-refractivity contribution >= 4 is 17.3 Å². The number of rotatable bonds is 6. The molecule has 160 valence electrons. The first-order chi connectivity index (χ1) is 15.1. The molecule has 3 aromatic rings. The zero-order valence-corrected chi connectivity index (χ0v) is 17.6. The zero-order valence-electron chi connectivity index (χ0n) is 17.6. The van der Waals surface area contributed by atoms with Gasteiger partial charge in [0.2, 0.25) is 11.8 Å². The molecule has 2 aromatic heterocycles. The molecule has 0 radical (unpaired) electrons. The lowest BCUT2D eigenvalue weighted by Gasteiger charge is -2.33. The smallest absolute Gasteiger partial charge is 0.227 e. The van der Waals surface area contributed by atoms with Crippen LogP contribution >= 0.6 is 0 Å². The Kier molecular flexibility index (Phi) is 5.15. The maximum Gasteiger partial charge on any atom is 0.227 e. The maximum absolute atomic E-state index is 14.9. The van der Waals surface area contributed by atoms with Crippen LogP contribution in [0.5, 0.6) is 5.88 Å². The molecule has 7 nitrogen and oxygen atoms in total. The number of nitrogens with zero attached hydrogens (tertiary/aromatic N) is 5. The summed E-state index contributed by atoms with van der Waals surface area (Å²) in [7, 11) is 2.14. The van der Waals surface area contributed by atoms with Gasteiger partial charge in [-0.3, -0.25) is 4.90 Å². The number of piperazine rings is 1. The standard InChI is InChI=1S/C23H25FN6O/c1-3-31-22-7-4-15(12-26-22)20-8-9-25-23(28-20)27-16-5-6-21(19(24)10-16)30-14-17-11-18(30)13-29(17)2/h4-10,12,17-18H,3,11,13-14H2,1-2H3,(H,25,27,28)/t17-,18-/m0/s1. The number of benzene rings is 1. The molecule has 0 amide bonds. The molecule has 2 bridgehead atoms. The van der Waals surface area contributed by atoms with E-state index in [0.717, 1.165) is 30.8 Å². The molecule has 0 saturated carbocycles. The number of pyridine rings is 1. The monoisotopic (exact) mass is 420 g/mol. The van der Waals surface area contributed by atoms with Crippen molar-refractivity contribution in [3.05, 3.63) is 54.6 Å². The summed E-state index contributed by atoms with van der Waals surface area (Å²) in [5, 5.41) is 3.11. The Morgan fingerprint density at radius 1 is 1.13 bits per heavy atom. The van der Waals surface area contributed by atoms with E-state index in [4.69, 9.17) is 4.74 Å². The second-order valence-electron chi connectivity index (χ2n) is 8.01. The lowest BCUT2D eigenvalue weighted by molar-refractivity contribution is 0.292.